The van der Waals surface area contributed by atoms with E-state index in [0.29, 0.717) is 22.6 Å². The number of ether oxygens (including phenoxy) is 1. The van der Waals surface area contributed by atoms with Crippen molar-refractivity contribution in [3.05, 3.63) is 96.3 Å². The van der Waals surface area contributed by atoms with E-state index in [1.165, 1.54) is 11.1 Å². The van der Waals surface area contributed by atoms with Gasteiger partial charge in [0.2, 0.25) is 0 Å². The number of furan rings is 1. The number of nitrogens with zero attached hydrogens (tertiary/aromatic N) is 3. The molecule has 0 saturated heterocycles. The van der Waals surface area contributed by atoms with Crippen LogP contribution in [0.25, 0.3) is 55.3 Å². The van der Waals surface area contributed by atoms with E-state index in [1.54, 1.807) is 0 Å². The molecular weight excluding hydrogens is 712 g/mol. The Balaban J connectivity index is 0.00000329. The number of rotatable bonds is 4. The second kappa shape index (κ2) is 10.7. The van der Waals surface area contributed by atoms with Gasteiger partial charge in [0.25, 0.3) is 0 Å². The van der Waals surface area contributed by atoms with Gasteiger partial charge in [-0.1, -0.05) is 20.8 Å². The molecule has 4 heterocycles. The maximum Gasteiger partial charge on any atom is 2.00 e. The Kier molecular flexibility index (Phi) is 7.25. The first-order chi connectivity index (χ1) is 20.1. The zero-order valence-corrected chi connectivity index (χ0v) is 27.3. The average molecular weight is 743 g/mol. The predicted molar refractivity (Wildman–Crippen MR) is 170 cm³/mol. The molecule has 3 aromatic carbocycles. The molecular formula is C36H30BN3O2Pt. The minimum Gasteiger partial charge on any atom is 2.00 e. The van der Waals surface area contributed by atoms with Crippen molar-refractivity contribution in [2.24, 2.45) is 0 Å². The van der Waals surface area contributed by atoms with Crippen LogP contribution in [0.1, 0.15) is 52.7 Å². The normalized spacial score (nSPS) is 12.1. The van der Waals surface area contributed by atoms with E-state index in [2.05, 4.69) is 71.9 Å². The van der Waals surface area contributed by atoms with Crippen molar-refractivity contribution in [2.45, 2.75) is 52.4 Å². The SMILES string of the molecule is CC(C)(C)c1ccc(-c2[c-]c(Oc3[c-]c(-c4cc(C(C)(C)C)ccn4)c4oc5cccc6bnc3c4c65)ccc2)nc1.[Pt+2]. The van der Waals surface area contributed by atoms with Gasteiger partial charge in [-0.15, -0.1) is 0 Å². The van der Waals surface area contributed by atoms with Crippen molar-refractivity contribution >= 4 is 39.8 Å². The summed E-state index contributed by atoms with van der Waals surface area (Å²) in [4.78, 5) is 14.3. The van der Waals surface area contributed by atoms with Crippen molar-refractivity contribution in [3.63, 3.8) is 0 Å². The number of benzene rings is 3. The van der Waals surface area contributed by atoms with Crippen molar-refractivity contribution in [3.8, 4) is 34.0 Å². The summed E-state index contributed by atoms with van der Waals surface area (Å²) in [5, 5.41) is 2.94. The summed E-state index contributed by atoms with van der Waals surface area (Å²) in [7, 11) is 1.86. The third-order valence-electron chi connectivity index (χ3n) is 7.77. The Bertz CT molecular complexity index is 2090. The number of hydrogen-bond acceptors (Lipinski definition) is 5. The van der Waals surface area contributed by atoms with E-state index in [4.69, 9.17) is 24.0 Å². The van der Waals surface area contributed by atoms with Crippen LogP contribution in [0.2, 0.25) is 0 Å². The van der Waals surface area contributed by atoms with Crippen LogP contribution in [0.15, 0.2) is 77.5 Å². The molecule has 0 unspecified atom stereocenters. The molecule has 5 nitrogen and oxygen atoms in total. The van der Waals surface area contributed by atoms with Gasteiger partial charge in [-0.2, -0.15) is 0 Å². The average Bonchev–Trinajstić information content (AvgIpc) is 3.37. The largest absolute Gasteiger partial charge is 2.00 e. The molecule has 7 rings (SSSR count). The number of pyridine rings is 2. The van der Waals surface area contributed by atoms with E-state index in [1.807, 2.05) is 61.9 Å². The van der Waals surface area contributed by atoms with Gasteiger partial charge < -0.3 is 0 Å². The van der Waals surface area contributed by atoms with Crippen LogP contribution in [0, 0.1) is 12.1 Å². The van der Waals surface area contributed by atoms with E-state index in [-0.39, 0.29) is 31.9 Å². The van der Waals surface area contributed by atoms with E-state index in [0.717, 1.165) is 44.2 Å². The fraction of sp³-hybridized carbons (Fsp3) is 0.222. The maximum atomic E-state index is 6.53. The molecule has 0 aliphatic rings. The van der Waals surface area contributed by atoms with Crippen LogP contribution in [-0.2, 0) is 31.9 Å². The minimum absolute atomic E-state index is 0. The molecule has 0 spiro atoms. The smallest absolute Gasteiger partial charge is 2.00 e. The molecule has 4 aromatic heterocycles. The maximum absolute atomic E-state index is 6.53. The summed E-state index contributed by atoms with van der Waals surface area (Å²) in [5.74, 6) is 1.05. The molecule has 0 amide bonds. The third-order valence-corrected chi connectivity index (χ3v) is 7.77. The molecule has 43 heavy (non-hydrogen) atoms. The van der Waals surface area contributed by atoms with Crippen LogP contribution >= 0.6 is 0 Å². The summed E-state index contributed by atoms with van der Waals surface area (Å²) >= 11 is 0. The number of aromatic nitrogens is 3. The van der Waals surface area contributed by atoms with Crippen LogP contribution in [-0.4, -0.2) is 21.9 Å². The van der Waals surface area contributed by atoms with Crippen LogP contribution in [0.3, 0.4) is 0 Å². The fourth-order valence-electron chi connectivity index (χ4n) is 5.34. The molecule has 0 fully saturated rings. The zero-order valence-electron chi connectivity index (χ0n) is 25.0. The first-order valence-corrected chi connectivity index (χ1v) is 14.2. The molecule has 7 aromatic rings. The van der Waals surface area contributed by atoms with Crippen LogP contribution in [0.5, 0.6) is 11.5 Å². The monoisotopic (exact) mass is 742 g/mol. The van der Waals surface area contributed by atoms with Gasteiger partial charge in [-0.05, 0) is 0 Å². The Morgan fingerprint density at radius 1 is 0.791 bits per heavy atom. The Morgan fingerprint density at radius 2 is 1.58 bits per heavy atom. The fourth-order valence-corrected chi connectivity index (χ4v) is 5.34. The van der Waals surface area contributed by atoms with Gasteiger partial charge in [-0.25, -0.2) is 0 Å². The van der Waals surface area contributed by atoms with E-state index >= 15 is 0 Å². The molecule has 0 N–H and O–H groups in total. The molecule has 0 aliphatic carbocycles. The first-order valence-electron chi connectivity index (χ1n) is 14.2. The molecule has 0 radical (unpaired) electrons. The van der Waals surface area contributed by atoms with Crippen molar-refractivity contribution in [2.75, 3.05) is 0 Å². The molecule has 7 heteroatoms. The zero-order chi connectivity index (χ0) is 29.2. The van der Waals surface area contributed by atoms with Gasteiger partial charge in [-0.3, -0.25) is 0 Å². The Hall–Kier alpha value is -3.89. The first kappa shape index (κ1) is 29.2. The van der Waals surface area contributed by atoms with Gasteiger partial charge in [0.05, 0.1) is 0 Å². The second-order valence-electron chi connectivity index (χ2n) is 12.9. The third kappa shape index (κ3) is 5.27. The standard InChI is InChI=1S/C36H30BN3O2.Pt/c1-35(2,3)22-15-16-38-28(18-22)25-19-30(33-32-31-26(37-40-33)11-8-12-29(31)42-34(25)32)41-24-10-7-9-21(17-24)27-14-13-23(20-39-27)36(4,5)6;/h7-16,18,20H,1-6H3;/q-2;+2. The molecule has 0 aliphatic heterocycles. The van der Waals surface area contributed by atoms with Gasteiger partial charge in [0, 0.05) is 0 Å². The molecule has 0 bridgehead atoms. The molecule has 0 atom stereocenters. The van der Waals surface area contributed by atoms with Crippen molar-refractivity contribution < 1.29 is 30.2 Å². The summed E-state index contributed by atoms with van der Waals surface area (Å²) < 4.78 is 13.0. The van der Waals surface area contributed by atoms with Crippen molar-refractivity contribution in [1.82, 2.24) is 14.9 Å². The van der Waals surface area contributed by atoms with E-state index < -0.39 is 0 Å². The van der Waals surface area contributed by atoms with Gasteiger partial charge in [0.15, 0.2) is 0 Å². The Morgan fingerprint density at radius 3 is 2.33 bits per heavy atom. The summed E-state index contributed by atoms with van der Waals surface area (Å²) in [5.41, 5.74) is 7.74. The summed E-state index contributed by atoms with van der Waals surface area (Å²) in [6.07, 6.45) is 3.78. The summed E-state index contributed by atoms with van der Waals surface area (Å²) in [6, 6.07) is 27.1. The summed E-state index contributed by atoms with van der Waals surface area (Å²) in [6.45, 7) is 13.1. The molecule has 0 saturated carbocycles. The molecule has 214 valence electrons. The Labute approximate surface area is 266 Å². The predicted octanol–water partition coefficient (Wildman–Crippen LogP) is 9.02. The topological polar surface area (TPSA) is 61.0 Å². The van der Waals surface area contributed by atoms with E-state index in [9.17, 15) is 0 Å². The number of hydrogen-bond donors (Lipinski definition) is 0. The van der Waals surface area contributed by atoms with Crippen LogP contribution in [0.4, 0.5) is 0 Å². The van der Waals surface area contributed by atoms with Gasteiger partial charge in [0.1, 0.15) is 0 Å². The van der Waals surface area contributed by atoms with Gasteiger partial charge >= 0.3 is 247 Å². The minimum atomic E-state index is -0.0403. The van der Waals surface area contributed by atoms with Crippen LogP contribution < -0.4 is 4.74 Å². The quantitative estimate of drug-likeness (QED) is 0.133. The second-order valence-corrected chi connectivity index (χ2v) is 12.9. The van der Waals surface area contributed by atoms with Crippen molar-refractivity contribution in [1.29, 1.82) is 0 Å².